The average molecular weight is 230 g/mol. The maximum atomic E-state index is 2.46. The Morgan fingerprint density at radius 3 is 1.29 bits per heavy atom. The molecule has 0 N–H and O–H groups in total. The molecule has 0 spiro atoms. The van der Waals surface area contributed by atoms with E-state index in [1.54, 1.807) is 13.1 Å². The SMILES string of the molecule is CC(C)(C)P=C(C(C)(C)C)[Si](C)(C)C. The standard InChI is InChI=1S/C12H27PSi/c1-11(2,3)10(14(7,8)9)13-12(4,5)6/h1-9H3. The van der Waals surface area contributed by atoms with Gasteiger partial charge < -0.3 is 0 Å². The Labute approximate surface area is 93.3 Å². The van der Waals surface area contributed by atoms with Crippen molar-refractivity contribution in [3.8, 4) is 0 Å². The van der Waals surface area contributed by atoms with E-state index in [4.69, 9.17) is 0 Å². The summed E-state index contributed by atoms with van der Waals surface area (Å²) in [7, 11) is 0.426. The Balaban J connectivity index is 5.26. The van der Waals surface area contributed by atoms with Gasteiger partial charge in [0.2, 0.25) is 0 Å². The second-order valence-corrected chi connectivity index (χ2v) is 14.6. The third-order valence-corrected chi connectivity index (χ3v) is 7.95. The molecule has 0 fully saturated rings. The molecule has 0 aliphatic carbocycles. The van der Waals surface area contributed by atoms with E-state index in [0.29, 0.717) is 10.6 Å². The monoisotopic (exact) mass is 230 g/mol. The predicted molar refractivity (Wildman–Crippen MR) is 74.5 cm³/mol. The van der Waals surface area contributed by atoms with Gasteiger partial charge in [0.1, 0.15) is 0 Å². The molecule has 0 amide bonds. The van der Waals surface area contributed by atoms with E-state index >= 15 is 0 Å². The quantitative estimate of drug-likeness (QED) is 0.447. The van der Waals surface area contributed by atoms with Crippen LogP contribution in [0.2, 0.25) is 19.6 Å². The Bertz CT molecular complexity index is 204. The lowest BCUT2D eigenvalue weighted by Gasteiger charge is -2.34. The van der Waals surface area contributed by atoms with Gasteiger partial charge in [-0.3, -0.25) is 0 Å². The normalized spacial score (nSPS) is 15.9. The molecular formula is C12H27PSi. The van der Waals surface area contributed by atoms with Gasteiger partial charge in [0.05, 0.1) is 8.07 Å². The molecular weight excluding hydrogens is 203 g/mol. The number of hydrogen-bond donors (Lipinski definition) is 0. The molecule has 0 aliphatic heterocycles. The molecule has 2 heteroatoms. The summed E-state index contributed by atoms with van der Waals surface area (Å²) in [5.74, 6) is 0. The van der Waals surface area contributed by atoms with E-state index in [1.165, 1.54) is 0 Å². The Hall–Kier alpha value is 0.387. The lowest BCUT2D eigenvalue weighted by atomic mass is 10.0. The van der Waals surface area contributed by atoms with Crippen LogP contribution in [-0.4, -0.2) is 18.1 Å². The third-order valence-electron chi connectivity index (χ3n) is 1.87. The molecule has 0 radical (unpaired) electrons. The van der Waals surface area contributed by atoms with Crippen molar-refractivity contribution in [1.82, 2.24) is 0 Å². The Kier molecular flexibility index (Phi) is 4.21. The van der Waals surface area contributed by atoms with Crippen LogP contribution in [0.1, 0.15) is 41.5 Å². The van der Waals surface area contributed by atoms with Crippen LogP contribution in [0.4, 0.5) is 0 Å². The summed E-state index contributed by atoms with van der Waals surface area (Å²) < 4.78 is 0. The van der Waals surface area contributed by atoms with E-state index in [9.17, 15) is 0 Å². The van der Waals surface area contributed by atoms with Gasteiger partial charge in [0.15, 0.2) is 0 Å². The predicted octanol–water partition coefficient (Wildman–Crippen LogP) is 4.83. The zero-order valence-corrected chi connectivity index (χ0v) is 13.3. The second kappa shape index (κ2) is 4.10. The minimum Gasteiger partial charge on any atom is -0.103 e. The molecule has 0 atom stereocenters. The van der Waals surface area contributed by atoms with Crippen LogP contribution >= 0.6 is 8.20 Å². The zero-order chi connectivity index (χ0) is 11.8. The van der Waals surface area contributed by atoms with Gasteiger partial charge in [-0.25, -0.2) is 0 Å². The van der Waals surface area contributed by atoms with Crippen molar-refractivity contribution >= 4 is 21.2 Å². The van der Waals surface area contributed by atoms with E-state index in [0.717, 1.165) is 0 Å². The van der Waals surface area contributed by atoms with Gasteiger partial charge >= 0.3 is 0 Å². The summed E-state index contributed by atoms with van der Waals surface area (Å²) in [6, 6.07) is 0. The van der Waals surface area contributed by atoms with Gasteiger partial charge in [0.25, 0.3) is 0 Å². The average Bonchev–Trinajstić information content (AvgIpc) is 1.75. The summed E-state index contributed by atoms with van der Waals surface area (Å²) in [4.78, 5) is 1.79. The first kappa shape index (κ1) is 14.4. The van der Waals surface area contributed by atoms with Crippen LogP contribution in [0.3, 0.4) is 0 Å². The van der Waals surface area contributed by atoms with Gasteiger partial charge in [0, 0.05) is 5.16 Å². The molecule has 0 saturated carbocycles. The summed E-state index contributed by atoms with van der Waals surface area (Å²) >= 11 is 0. The molecule has 84 valence electrons. The van der Waals surface area contributed by atoms with Crippen LogP contribution in [0, 0.1) is 5.41 Å². The van der Waals surface area contributed by atoms with E-state index < -0.39 is 8.07 Å². The first-order chi connectivity index (χ1) is 5.84. The minimum atomic E-state index is -1.13. The molecule has 0 aromatic heterocycles. The van der Waals surface area contributed by atoms with E-state index in [2.05, 4.69) is 61.2 Å². The van der Waals surface area contributed by atoms with Crippen molar-refractivity contribution in [2.45, 2.75) is 66.3 Å². The number of rotatable bonds is 1. The molecule has 0 rings (SSSR count). The van der Waals surface area contributed by atoms with Gasteiger partial charge in [-0.15, -0.1) is 8.20 Å². The molecule has 0 bridgehead atoms. The fourth-order valence-electron chi connectivity index (χ4n) is 1.80. The van der Waals surface area contributed by atoms with E-state index in [-0.39, 0.29) is 0 Å². The number of hydrogen-bond acceptors (Lipinski definition) is 0. The van der Waals surface area contributed by atoms with E-state index in [1.807, 2.05) is 0 Å². The van der Waals surface area contributed by atoms with Crippen LogP contribution in [0.25, 0.3) is 0 Å². The maximum absolute atomic E-state index is 2.46. The van der Waals surface area contributed by atoms with Crippen molar-refractivity contribution in [1.29, 1.82) is 0 Å². The maximum Gasteiger partial charge on any atom is 0.0786 e. The summed E-state index contributed by atoms with van der Waals surface area (Å²) in [6.45, 7) is 21.5. The van der Waals surface area contributed by atoms with Crippen molar-refractivity contribution < 1.29 is 0 Å². The molecule has 0 nitrogen and oxygen atoms in total. The zero-order valence-electron chi connectivity index (χ0n) is 11.4. The van der Waals surface area contributed by atoms with Gasteiger partial charge in [-0.05, 0) is 5.41 Å². The molecule has 0 aromatic carbocycles. The fourth-order valence-corrected chi connectivity index (χ4v) is 7.40. The fraction of sp³-hybridized carbons (Fsp3) is 0.917. The first-order valence-electron chi connectivity index (χ1n) is 5.45. The van der Waals surface area contributed by atoms with Crippen molar-refractivity contribution in [3.05, 3.63) is 0 Å². The van der Waals surface area contributed by atoms with Crippen molar-refractivity contribution in [2.24, 2.45) is 5.41 Å². The summed E-state index contributed by atoms with van der Waals surface area (Å²) in [5.41, 5.74) is 0.374. The van der Waals surface area contributed by atoms with Crippen molar-refractivity contribution in [2.75, 3.05) is 0 Å². The third kappa shape index (κ3) is 5.31. The smallest absolute Gasteiger partial charge is 0.0786 e. The molecule has 0 aliphatic rings. The van der Waals surface area contributed by atoms with Gasteiger partial charge in [-0.2, -0.15) is 0 Å². The summed E-state index contributed by atoms with van der Waals surface area (Å²) in [5, 5.41) is 0.406. The molecule has 14 heavy (non-hydrogen) atoms. The summed E-state index contributed by atoms with van der Waals surface area (Å²) in [6.07, 6.45) is 0. The molecule has 0 saturated heterocycles. The van der Waals surface area contributed by atoms with Crippen LogP contribution < -0.4 is 0 Å². The highest BCUT2D eigenvalue weighted by molar-refractivity contribution is 7.52. The highest BCUT2D eigenvalue weighted by Crippen LogP contribution is 2.34. The van der Waals surface area contributed by atoms with Gasteiger partial charge in [-0.1, -0.05) is 66.1 Å². The minimum absolute atomic E-state index is 0.374. The topological polar surface area (TPSA) is 0 Å². The first-order valence-corrected chi connectivity index (χ1v) is 9.84. The highest BCUT2D eigenvalue weighted by atomic mass is 31.1. The molecule has 0 aromatic rings. The second-order valence-electron chi connectivity index (χ2n) is 7.13. The van der Waals surface area contributed by atoms with Crippen LogP contribution in [-0.2, 0) is 0 Å². The van der Waals surface area contributed by atoms with Crippen molar-refractivity contribution in [3.63, 3.8) is 0 Å². The molecule has 0 unspecified atom stereocenters. The Morgan fingerprint density at radius 2 is 1.21 bits per heavy atom. The van der Waals surface area contributed by atoms with Crippen LogP contribution in [0.5, 0.6) is 0 Å². The Morgan fingerprint density at radius 1 is 0.857 bits per heavy atom. The lowest BCUT2D eigenvalue weighted by molar-refractivity contribution is 0.606. The highest BCUT2D eigenvalue weighted by Gasteiger charge is 2.31. The lowest BCUT2D eigenvalue weighted by Crippen LogP contribution is -2.41. The molecule has 0 heterocycles. The van der Waals surface area contributed by atoms with Crippen LogP contribution in [0.15, 0.2) is 0 Å². The largest absolute Gasteiger partial charge is 0.103 e.